The Morgan fingerprint density at radius 1 is 1.60 bits per heavy atom. The fourth-order valence-corrected chi connectivity index (χ4v) is 2.90. The van der Waals surface area contributed by atoms with Crippen LogP contribution in [0.4, 0.5) is 0 Å². The second-order valence-corrected chi connectivity index (χ2v) is 4.53. The molecule has 0 fully saturated rings. The van der Waals surface area contributed by atoms with Crippen LogP contribution in [0.5, 0.6) is 0 Å². The number of aryl methyl sites for hydroxylation is 1. The average molecular weight is 221 g/mol. The number of nitrogens with one attached hydrogen (secondary N) is 1. The number of hydrogen-bond donors (Lipinski definition) is 1. The molecule has 5 nitrogen and oxygen atoms in total. The Morgan fingerprint density at radius 3 is 3.33 bits per heavy atom. The van der Waals surface area contributed by atoms with Crippen LogP contribution in [0.2, 0.25) is 0 Å². The molecule has 0 spiro atoms. The summed E-state index contributed by atoms with van der Waals surface area (Å²) in [5, 5.41) is 17.7. The summed E-state index contributed by atoms with van der Waals surface area (Å²) < 4.78 is 0. The summed E-state index contributed by atoms with van der Waals surface area (Å²) >= 11 is 1.76. The molecule has 0 aliphatic carbocycles. The first-order valence-corrected chi connectivity index (χ1v) is 5.76. The summed E-state index contributed by atoms with van der Waals surface area (Å²) in [6.07, 6.45) is 1.09. The summed E-state index contributed by atoms with van der Waals surface area (Å²) in [6.45, 7) is 0.979. The van der Waals surface area contributed by atoms with E-state index in [0.717, 1.165) is 18.8 Å². The van der Waals surface area contributed by atoms with E-state index in [-0.39, 0.29) is 6.04 Å². The van der Waals surface area contributed by atoms with Crippen LogP contribution in [0.1, 0.15) is 22.3 Å². The van der Waals surface area contributed by atoms with Gasteiger partial charge in [-0.3, -0.25) is 0 Å². The van der Waals surface area contributed by atoms with Crippen LogP contribution in [-0.2, 0) is 13.5 Å². The number of aromatic nitrogens is 4. The van der Waals surface area contributed by atoms with E-state index < -0.39 is 0 Å². The first-order chi connectivity index (χ1) is 7.34. The van der Waals surface area contributed by atoms with Crippen LogP contribution in [0.25, 0.3) is 0 Å². The molecule has 1 N–H and O–H groups in total. The van der Waals surface area contributed by atoms with Gasteiger partial charge in [-0.25, -0.2) is 0 Å². The Kier molecular flexibility index (Phi) is 2.03. The van der Waals surface area contributed by atoms with E-state index in [1.165, 1.54) is 15.2 Å². The fraction of sp³-hybridized carbons (Fsp3) is 0.444. The van der Waals surface area contributed by atoms with Gasteiger partial charge in [0.05, 0.1) is 7.05 Å². The van der Waals surface area contributed by atoms with Crippen molar-refractivity contribution in [3.63, 3.8) is 0 Å². The monoisotopic (exact) mass is 221 g/mol. The van der Waals surface area contributed by atoms with E-state index in [1.807, 2.05) is 0 Å². The first kappa shape index (κ1) is 8.99. The number of nitrogens with zero attached hydrogens (tertiary/aromatic N) is 4. The zero-order valence-corrected chi connectivity index (χ0v) is 9.16. The molecule has 0 saturated carbocycles. The Labute approximate surface area is 91.1 Å². The SMILES string of the molecule is Cn1nnc(C2NCCc3ccsc32)n1. The standard InChI is InChI=1S/C9H11N5S/c1-14-12-9(11-13-14)7-8-6(2-4-10-7)3-5-15-8/h3,5,7,10H,2,4H2,1H3. The summed E-state index contributed by atoms with van der Waals surface area (Å²) in [6, 6.07) is 2.31. The third-order valence-electron chi connectivity index (χ3n) is 2.57. The Morgan fingerprint density at radius 2 is 2.53 bits per heavy atom. The summed E-state index contributed by atoms with van der Waals surface area (Å²) in [5.74, 6) is 0.765. The molecule has 2 aromatic rings. The molecule has 0 radical (unpaired) electrons. The number of fused-ring (bicyclic) bond motifs is 1. The minimum atomic E-state index is 0.127. The van der Waals surface area contributed by atoms with Gasteiger partial charge in [-0.15, -0.1) is 21.5 Å². The van der Waals surface area contributed by atoms with Gasteiger partial charge >= 0.3 is 0 Å². The molecule has 6 heteroatoms. The molecule has 3 heterocycles. The summed E-state index contributed by atoms with van der Waals surface area (Å²) in [7, 11) is 1.79. The second-order valence-electron chi connectivity index (χ2n) is 3.58. The van der Waals surface area contributed by atoms with Gasteiger partial charge in [0.2, 0.25) is 0 Å². The number of rotatable bonds is 1. The van der Waals surface area contributed by atoms with Gasteiger partial charge in [0.15, 0.2) is 5.82 Å². The van der Waals surface area contributed by atoms with E-state index in [4.69, 9.17) is 0 Å². The minimum absolute atomic E-state index is 0.127. The molecule has 1 unspecified atom stereocenters. The second kappa shape index (κ2) is 3.39. The highest BCUT2D eigenvalue weighted by atomic mass is 32.1. The molecular weight excluding hydrogens is 210 g/mol. The number of hydrogen-bond acceptors (Lipinski definition) is 5. The highest BCUT2D eigenvalue weighted by Gasteiger charge is 2.25. The maximum absolute atomic E-state index is 4.25. The van der Waals surface area contributed by atoms with Gasteiger partial charge in [-0.2, -0.15) is 4.80 Å². The van der Waals surface area contributed by atoms with Gasteiger partial charge < -0.3 is 5.32 Å². The van der Waals surface area contributed by atoms with E-state index in [0.29, 0.717) is 0 Å². The maximum Gasteiger partial charge on any atom is 0.196 e. The lowest BCUT2D eigenvalue weighted by atomic mass is 10.0. The smallest absolute Gasteiger partial charge is 0.196 e. The van der Waals surface area contributed by atoms with Crippen molar-refractivity contribution < 1.29 is 0 Å². The zero-order valence-electron chi connectivity index (χ0n) is 8.34. The van der Waals surface area contributed by atoms with Crippen molar-refractivity contribution in [3.05, 3.63) is 27.7 Å². The van der Waals surface area contributed by atoms with Gasteiger partial charge in [0, 0.05) is 11.4 Å². The quantitative estimate of drug-likeness (QED) is 0.762. The van der Waals surface area contributed by atoms with Crippen LogP contribution in [0, 0.1) is 0 Å². The van der Waals surface area contributed by atoms with Crippen molar-refractivity contribution in [2.24, 2.45) is 7.05 Å². The van der Waals surface area contributed by atoms with E-state index in [1.54, 1.807) is 18.4 Å². The van der Waals surface area contributed by atoms with Gasteiger partial charge in [-0.05, 0) is 28.6 Å². The highest BCUT2D eigenvalue weighted by Crippen LogP contribution is 2.30. The van der Waals surface area contributed by atoms with E-state index in [9.17, 15) is 0 Å². The molecule has 1 atom stereocenters. The van der Waals surface area contributed by atoms with Crippen molar-refractivity contribution >= 4 is 11.3 Å². The molecule has 78 valence electrons. The van der Waals surface area contributed by atoms with Crippen molar-refractivity contribution in [1.29, 1.82) is 0 Å². The predicted octanol–water partition coefficient (Wildman–Crippen LogP) is 0.507. The van der Waals surface area contributed by atoms with E-state index >= 15 is 0 Å². The van der Waals surface area contributed by atoms with Crippen LogP contribution < -0.4 is 5.32 Å². The molecule has 1 aliphatic rings. The molecular formula is C9H11N5S. The van der Waals surface area contributed by atoms with Crippen molar-refractivity contribution in [3.8, 4) is 0 Å². The molecule has 1 aliphatic heterocycles. The van der Waals surface area contributed by atoms with Crippen molar-refractivity contribution in [1.82, 2.24) is 25.5 Å². The fourth-order valence-electron chi connectivity index (χ4n) is 1.87. The average Bonchev–Trinajstić information content (AvgIpc) is 2.84. The highest BCUT2D eigenvalue weighted by molar-refractivity contribution is 7.10. The Bertz CT molecular complexity index is 474. The first-order valence-electron chi connectivity index (χ1n) is 4.88. The molecule has 0 bridgehead atoms. The van der Waals surface area contributed by atoms with E-state index in [2.05, 4.69) is 32.2 Å². The van der Waals surface area contributed by atoms with Crippen LogP contribution in [0.3, 0.4) is 0 Å². The van der Waals surface area contributed by atoms with Gasteiger partial charge in [0.25, 0.3) is 0 Å². The summed E-state index contributed by atoms with van der Waals surface area (Å²) in [4.78, 5) is 2.83. The Hall–Kier alpha value is -1.27. The summed E-state index contributed by atoms with van der Waals surface area (Å²) in [5.41, 5.74) is 1.41. The topological polar surface area (TPSA) is 55.6 Å². The minimum Gasteiger partial charge on any atom is -0.302 e. The largest absolute Gasteiger partial charge is 0.302 e. The lowest BCUT2D eigenvalue weighted by Crippen LogP contribution is -2.30. The van der Waals surface area contributed by atoms with Crippen LogP contribution in [-0.4, -0.2) is 26.8 Å². The molecule has 3 rings (SSSR count). The van der Waals surface area contributed by atoms with Gasteiger partial charge in [-0.1, -0.05) is 0 Å². The normalized spacial score (nSPS) is 20.2. The molecule has 0 amide bonds. The number of thiophene rings is 1. The zero-order chi connectivity index (χ0) is 10.3. The molecule has 2 aromatic heterocycles. The molecule has 0 aromatic carbocycles. The predicted molar refractivity (Wildman–Crippen MR) is 56.7 cm³/mol. The number of tetrazole rings is 1. The molecule has 15 heavy (non-hydrogen) atoms. The third kappa shape index (κ3) is 1.46. The molecule has 0 saturated heterocycles. The lowest BCUT2D eigenvalue weighted by Gasteiger charge is -2.20. The lowest BCUT2D eigenvalue weighted by molar-refractivity contribution is 0.548. The van der Waals surface area contributed by atoms with Crippen LogP contribution >= 0.6 is 11.3 Å². The third-order valence-corrected chi connectivity index (χ3v) is 3.59. The maximum atomic E-state index is 4.25. The van der Waals surface area contributed by atoms with Crippen LogP contribution in [0.15, 0.2) is 11.4 Å². The van der Waals surface area contributed by atoms with Crippen molar-refractivity contribution in [2.75, 3.05) is 6.54 Å². The van der Waals surface area contributed by atoms with Gasteiger partial charge in [0.1, 0.15) is 6.04 Å². The Balaban J connectivity index is 2.02. The van der Waals surface area contributed by atoms with Crippen molar-refractivity contribution in [2.45, 2.75) is 12.5 Å².